The highest BCUT2D eigenvalue weighted by Crippen LogP contribution is 2.15. The van der Waals surface area contributed by atoms with Gasteiger partial charge in [-0.25, -0.2) is 9.18 Å². The quantitative estimate of drug-likeness (QED) is 0.810. The van der Waals surface area contributed by atoms with E-state index < -0.39 is 11.8 Å². The van der Waals surface area contributed by atoms with Crippen molar-refractivity contribution in [1.82, 2.24) is 0 Å². The number of hydrogen-bond acceptors (Lipinski definition) is 2. The summed E-state index contributed by atoms with van der Waals surface area (Å²) in [5.41, 5.74) is -0.0173. The summed E-state index contributed by atoms with van der Waals surface area (Å²) in [5, 5.41) is 8.79. The first-order chi connectivity index (χ1) is 8.56. The van der Waals surface area contributed by atoms with E-state index in [1.54, 1.807) is 6.07 Å². The van der Waals surface area contributed by atoms with E-state index in [9.17, 15) is 9.18 Å². The lowest BCUT2D eigenvalue weighted by molar-refractivity contribution is 0.0688. The average molecular weight is 254 g/mol. The van der Waals surface area contributed by atoms with Gasteiger partial charge in [0.2, 0.25) is 0 Å². The van der Waals surface area contributed by atoms with Crippen LogP contribution in [0.1, 0.15) is 42.6 Å². The van der Waals surface area contributed by atoms with Crippen molar-refractivity contribution < 1.29 is 19.0 Å². The summed E-state index contributed by atoms with van der Waals surface area (Å²) in [6, 6.07) is 4.33. The number of hydrogen-bond donors (Lipinski definition) is 1. The third-order valence-corrected chi connectivity index (χ3v) is 2.75. The largest absolute Gasteiger partial charge is 0.478 e. The molecule has 0 spiro atoms. The summed E-state index contributed by atoms with van der Waals surface area (Å²) in [6.07, 6.45) is 2.16. The molecular formula is C14H19FO3. The second-order valence-corrected chi connectivity index (χ2v) is 4.49. The van der Waals surface area contributed by atoms with Crippen molar-refractivity contribution in [3.8, 4) is 0 Å². The Kier molecular flexibility index (Phi) is 5.78. The van der Waals surface area contributed by atoms with Crippen molar-refractivity contribution in [2.45, 2.75) is 33.3 Å². The molecule has 4 heteroatoms. The number of halogens is 1. The smallest absolute Gasteiger partial charge is 0.338 e. The third-order valence-electron chi connectivity index (χ3n) is 2.75. The van der Waals surface area contributed by atoms with Crippen LogP contribution in [0.4, 0.5) is 4.39 Å². The summed E-state index contributed by atoms with van der Waals surface area (Å²) in [5.74, 6) is -1.53. The Morgan fingerprint density at radius 1 is 1.50 bits per heavy atom. The van der Waals surface area contributed by atoms with E-state index in [0.717, 1.165) is 12.8 Å². The van der Waals surface area contributed by atoms with Gasteiger partial charge in [-0.2, -0.15) is 0 Å². The van der Waals surface area contributed by atoms with Gasteiger partial charge in [0.1, 0.15) is 5.82 Å². The standard InChI is InChI=1S/C14H19FO3/c1-3-5-10(2)8-18-9-11-6-4-7-12(13(11)15)14(16)17/h4,6-7,10H,3,5,8-9H2,1-2H3,(H,16,17). The maximum absolute atomic E-state index is 13.7. The van der Waals surface area contributed by atoms with E-state index >= 15 is 0 Å². The lowest BCUT2D eigenvalue weighted by Gasteiger charge is -2.11. The molecule has 100 valence electrons. The normalized spacial score (nSPS) is 12.4. The lowest BCUT2D eigenvalue weighted by atomic mass is 10.1. The van der Waals surface area contributed by atoms with E-state index in [2.05, 4.69) is 13.8 Å². The highest BCUT2D eigenvalue weighted by molar-refractivity contribution is 5.88. The summed E-state index contributed by atoms with van der Waals surface area (Å²) in [7, 11) is 0. The first-order valence-corrected chi connectivity index (χ1v) is 6.14. The van der Waals surface area contributed by atoms with Crippen LogP contribution in [-0.4, -0.2) is 17.7 Å². The van der Waals surface area contributed by atoms with Crippen molar-refractivity contribution in [3.63, 3.8) is 0 Å². The molecular weight excluding hydrogens is 235 g/mol. The minimum atomic E-state index is -1.26. The second kappa shape index (κ2) is 7.11. The van der Waals surface area contributed by atoms with Crippen LogP contribution in [0.2, 0.25) is 0 Å². The molecule has 1 aromatic carbocycles. The van der Waals surface area contributed by atoms with Crippen LogP contribution < -0.4 is 0 Å². The van der Waals surface area contributed by atoms with Crippen molar-refractivity contribution in [1.29, 1.82) is 0 Å². The third kappa shape index (κ3) is 4.11. The Morgan fingerprint density at radius 2 is 2.22 bits per heavy atom. The zero-order valence-corrected chi connectivity index (χ0v) is 10.8. The minimum Gasteiger partial charge on any atom is -0.478 e. The van der Waals surface area contributed by atoms with Gasteiger partial charge in [0.25, 0.3) is 0 Å². The number of rotatable bonds is 7. The van der Waals surface area contributed by atoms with Gasteiger partial charge in [0, 0.05) is 12.2 Å². The fourth-order valence-corrected chi connectivity index (χ4v) is 1.80. The zero-order valence-electron chi connectivity index (χ0n) is 10.8. The van der Waals surface area contributed by atoms with Gasteiger partial charge < -0.3 is 9.84 Å². The Bertz CT molecular complexity index is 404. The molecule has 3 nitrogen and oxygen atoms in total. The van der Waals surface area contributed by atoms with E-state index in [-0.39, 0.29) is 12.2 Å². The molecule has 0 aromatic heterocycles. The van der Waals surface area contributed by atoms with Crippen LogP contribution in [-0.2, 0) is 11.3 Å². The van der Waals surface area contributed by atoms with Gasteiger partial charge in [-0.1, -0.05) is 32.4 Å². The number of benzene rings is 1. The SMILES string of the molecule is CCCC(C)COCc1cccc(C(=O)O)c1F. The van der Waals surface area contributed by atoms with Crippen molar-refractivity contribution in [2.75, 3.05) is 6.61 Å². The van der Waals surface area contributed by atoms with Gasteiger partial charge in [-0.15, -0.1) is 0 Å². The van der Waals surface area contributed by atoms with E-state index in [1.807, 2.05) is 0 Å². The Balaban J connectivity index is 2.57. The summed E-state index contributed by atoms with van der Waals surface area (Å²) in [4.78, 5) is 10.8. The van der Waals surface area contributed by atoms with Crippen LogP contribution in [0.3, 0.4) is 0 Å². The van der Waals surface area contributed by atoms with Crippen molar-refractivity contribution in [2.24, 2.45) is 5.92 Å². The van der Waals surface area contributed by atoms with Gasteiger partial charge in [0.15, 0.2) is 0 Å². The summed E-state index contributed by atoms with van der Waals surface area (Å²) in [6.45, 7) is 4.85. The molecule has 1 unspecified atom stereocenters. The second-order valence-electron chi connectivity index (χ2n) is 4.49. The number of aromatic carboxylic acids is 1. The summed E-state index contributed by atoms with van der Waals surface area (Å²) < 4.78 is 19.2. The van der Waals surface area contributed by atoms with Crippen LogP contribution in [0.25, 0.3) is 0 Å². The number of carboxylic acid groups (broad SMARTS) is 1. The monoisotopic (exact) mass is 254 g/mol. The molecule has 0 saturated heterocycles. The molecule has 1 rings (SSSR count). The van der Waals surface area contributed by atoms with Crippen molar-refractivity contribution in [3.05, 3.63) is 35.1 Å². The molecule has 0 heterocycles. The van der Waals surface area contributed by atoms with Crippen LogP contribution in [0, 0.1) is 11.7 Å². The first-order valence-electron chi connectivity index (χ1n) is 6.14. The average Bonchev–Trinajstić information content (AvgIpc) is 2.31. The maximum Gasteiger partial charge on any atom is 0.338 e. The van der Waals surface area contributed by atoms with Gasteiger partial charge in [0.05, 0.1) is 12.2 Å². The number of ether oxygens (including phenoxy) is 1. The van der Waals surface area contributed by atoms with Crippen LogP contribution >= 0.6 is 0 Å². The molecule has 0 saturated carbocycles. The summed E-state index contributed by atoms with van der Waals surface area (Å²) >= 11 is 0. The molecule has 0 bridgehead atoms. The van der Waals surface area contributed by atoms with Gasteiger partial charge in [-0.3, -0.25) is 0 Å². The first kappa shape index (κ1) is 14.6. The van der Waals surface area contributed by atoms with Crippen LogP contribution in [0.15, 0.2) is 18.2 Å². The molecule has 0 aliphatic rings. The molecule has 0 aliphatic carbocycles. The lowest BCUT2D eigenvalue weighted by Crippen LogP contribution is -2.08. The maximum atomic E-state index is 13.7. The van der Waals surface area contributed by atoms with Crippen LogP contribution in [0.5, 0.6) is 0 Å². The van der Waals surface area contributed by atoms with Gasteiger partial charge >= 0.3 is 5.97 Å². The predicted molar refractivity (Wildman–Crippen MR) is 67.1 cm³/mol. The highest BCUT2D eigenvalue weighted by Gasteiger charge is 2.13. The Labute approximate surface area is 107 Å². The van der Waals surface area contributed by atoms with Crippen molar-refractivity contribution >= 4 is 5.97 Å². The van der Waals surface area contributed by atoms with E-state index in [4.69, 9.17) is 9.84 Å². The fourth-order valence-electron chi connectivity index (χ4n) is 1.80. The van der Waals surface area contributed by atoms with Gasteiger partial charge in [-0.05, 0) is 18.4 Å². The topological polar surface area (TPSA) is 46.5 Å². The molecule has 1 N–H and O–H groups in total. The fraction of sp³-hybridized carbons (Fsp3) is 0.500. The predicted octanol–water partition coefficient (Wildman–Crippen LogP) is 3.48. The zero-order chi connectivity index (χ0) is 13.5. The Morgan fingerprint density at radius 3 is 2.83 bits per heavy atom. The minimum absolute atomic E-state index is 0.112. The van der Waals surface area contributed by atoms with E-state index in [1.165, 1.54) is 12.1 Å². The number of carboxylic acids is 1. The molecule has 0 amide bonds. The molecule has 0 radical (unpaired) electrons. The Hall–Kier alpha value is -1.42. The highest BCUT2D eigenvalue weighted by atomic mass is 19.1. The molecule has 0 fully saturated rings. The molecule has 1 aromatic rings. The molecule has 1 atom stereocenters. The molecule has 18 heavy (non-hydrogen) atoms. The number of carbonyl (C=O) groups is 1. The molecule has 0 aliphatic heterocycles. The van der Waals surface area contributed by atoms with E-state index in [0.29, 0.717) is 18.1 Å².